The predicted octanol–water partition coefficient (Wildman–Crippen LogP) is 0.695. The summed E-state index contributed by atoms with van der Waals surface area (Å²) < 4.78 is 0. The van der Waals surface area contributed by atoms with E-state index in [-0.39, 0.29) is 6.42 Å². The average molecular weight is 286 g/mol. The summed E-state index contributed by atoms with van der Waals surface area (Å²) in [6, 6.07) is 0. The number of hydrogen-bond acceptors (Lipinski definition) is 5. The van der Waals surface area contributed by atoms with Crippen LogP contribution < -0.4 is 0 Å². The van der Waals surface area contributed by atoms with Gasteiger partial charge in [-0.05, 0) is 19.8 Å². The smallest absolute Gasteiger partial charge is 0.328 e. The van der Waals surface area contributed by atoms with Crippen molar-refractivity contribution >= 4 is 29.3 Å². The Morgan fingerprint density at radius 1 is 1.00 bits per heavy atom. The molecule has 0 radical (unpaired) electrons. The Hall–Kier alpha value is -2.05. The van der Waals surface area contributed by atoms with Gasteiger partial charge in [0.1, 0.15) is 5.78 Å². The lowest BCUT2D eigenvalue weighted by atomic mass is 9.73. The van der Waals surface area contributed by atoms with Crippen LogP contribution in [0.25, 0.3) is 0 Å². The van der Waals surface area contributed by atoms with Crippen LogP contribution in [0.3, 0.4) is 0 Å². The highest BCUT2D eigenvalue weighted by molar-refractivity contribution is 6.24. The van der Waals surface area contributed by atoms with Crippen molar-refractivity contribution < 1.29 is 34.2 Å². The molecule has 112 valence electrons. The summed E-state index contributed by atoms with van der Waals surface area (Å²) in [7, 11) is 0. The first-order valence-corrected chi connectivity index (χ1v) is 6.18. The second-order valence-electron chi connectivity index (χ2n) is 4.54. The summed E-state index contributed by atoms with van der Waals surface area (Å²) >= 11 is 0. The van der Waals surface area contributed by atoms with Gasteiger partial charge in [-0.25, -0.2) is 0 Å². The van der Waals surface area contributed by atoms with Crippen molar-refractivity contribution in [1.82, 2.24) is 0 Å². The summed E-state index contributed by atoms with van der Waals surface area (Å²) in [6.07, 6.45) is -1.03. The second-order valence-corrected chi connectivity index (χ2v) is 4.54. The number of rotatable bonds is 9. The molecule has 0 fully saturated rings. The molecule has 0 aromatic rings. The molecule has 0 aliphatic carbocycles. The van der Waals surface area contributed by atoms with Crippen LogP contribution in [0.15, 0.2) is 0 Å². The number of ketones is 3. The first-order valence-electron chi connectivity index (χ1n) is 6.18. The lowest BCUT2D eigenvalue weighted by molar-refractivity contribution is -0.170. The van der Waals surface area contributed by atoms with E-state index in [4.69, 9.17) is 10.2 Å². The van der Waals surface area contributed by atoms with Crippen molar-refractivity contribution in [3.05, 3.63) is 0 Å². The Morgan fingerprint density at radius 2 is 1.45 bits per heavy atom. The summed E-state index contributed by atoms with van der Waals surface area (Å²) in [4.78, 5) is 57.4. The maximum Gasteiger partial charge on any atom is 0.328 e. The number of carbonyl (C=O) groups excluding carboxylic acids is 3. The Labute approximate surface area is 116 Å². The van der Waals surface area contributed by atoms with Crippen LogP contribution in [-0.2, 0) is 24.0 Å². The van der Waals surface area contributed by atoms with Gasteiger partial charge >= 0.3 is 11.9 Å². The van der Waals surface area contributed by atoms with Crippen LogP contribution >= 0.6 is 0 Å². The lowest BCUT2D eigenvalue weighted by Crippen LogP contribution is -2.50. The summed E-state index contributed by atoms with van der Waals surface area (Å²) in [6.45, 7) is 3.88. The van der Waals surface area contributed by atoms with E-state index in [2.05, 4.69) is 0 Å². The zero-order chi connectivity index (χ0) is 16.1. The van der Waals surface area contributed by atoms with E-state index in [0.717, 1.165) is 6.92 Å². The van der Waals surface area contributed by atoms with Gasteiger partial charge in [0.05, 0.1) is 12.3 Å². The van der Waals surface area contributed by atoms with Crippen molar-refractivity contribution in [2.45, 2.75) is 40.0 Å². The third-order valence-corrected chi connectivity index (χ3v) is 3.22. The summed E-state index contributed by atoms with van der Waals surface area (Å²) in [5, 5.41) is 18.2. The van der Waals surface area contributed by atoms with E-state index in [1.807, 2.05) is 0 Å². The number of carbonyl (C=O) groups is 5. The van der Waals surface area contributed by atoms with Crippen molar-refractivity contribution in [2.24, 2.45) is 11.3 Å². The quantitative estimate of drug-likeness (QED) is 0.597. The third-order valence-electron chi connectivity index (χ3n) is 3.22. The normalized spacial score (nSPS) is 12.6. The Balaban J connectivity index is 5.64. The van der Waals surface area contributed by atoms with Gasteiger partial charge in [-0.3, -0.25) is 24.0 Å². The SMILES string of the molecule is CCC(C(=O)CC(C)=O)C(=O)C(CC)(C(=O)O)C(=O)O. The molecular formula is C13H18O7. The molecule has 0 saturated heterocycles. The molecule has 0 rings (SSSR count). The van der Waals surface area contributed by atoms with Crippen LogP contribution in [0.5, 0.6) is 0 Å². The second kappa shape index (κ2) is 6.93. The van der Waals surface area contributed by atoms with Crippen LogP contribution in [-0.4, -0.2) is 39.5 Å². The molecule has 0 saturated carbocycles. The highest BCUT2D eigenvalue weighted by Gasteiger charge is 2.54. The predicted molar refractivity (Wildman–Crippen MR) is 67.1 cm³/mol. The zero-order valence-corrected chi connectivity index (χ0v) is 11.6. The number of aliphatic carboxylic acids is 2. The lowest BCUT2D eigenvalue weighted by Gasteiger charge is -2.25. The van der Waals surface area contributed by atoms with Gasteiger partial charge in [-0.2, -0.15) is 0 Å². The molecule has 2 N–H and O–H groups in total. The van der Waals surface area contributed by atoms with Crippen molar-refractivity contribution in [3.8, 4) is 0 Å². The molecule has 0 aliphatic rings. The molecular weight excluding hydrogens is 268 g/mol. The molecule has 0 spiro atoms. The molecule has 7 nitrogen and oxygen atoms in total. The van der Waals surface area contributed by atoms with Crippen molar-refractivity contribution in [1.29, 1.82) is 0 Å². The van der Waals surface area contributed by atoms with E-state index in [1.165, 1.54) is 13.8 Å². The van der Waals surface area contributed by atoms with Gasteiger partial charge in [-0.1, -0.05) is 13.8 Å². The van der Waals surface area contributed by atoms with Crippen molar-refractivity contribution in [2.75, 3.05) is 0 Å². The van der Waals surface area contributed by atoms with Gasteiger partial charge in [-0.15, -0.1) is 0 Å². The average Bonchev–Trinajstić information content (AvgIpc) is 2.29. The largest absolute Gasteiger partial charge is 0.480 e. The van der Waals surface area contributed by atoms with Crippen LogP contribution in [0, 0.1) is 11.3 Å². The molecule has 0 aromatic heterocycles. The molecule has 1 atom stereocenters. The molecule has 0 amide bonds. The number of Topliss-reactive ketones (excluding diaryl/α,β-unsaturated/α-hetero) is 3. The minimum atomic E-state index is -2.65. The molecule has 1 unspecified atom stereocenters. The van der Waals surface area contributed by atoms with E-state index in [9.17, 15) is 24.0 Å². The summed E-state index contributed by atoms with van der Waals surface area (Å²) in [5.74, 6) is -7.38. The van der Waals surface area contributed by atoms with Gasteiger partial charge in [0.2, 0.25) is 5.41 Å². The van der Waals surface area contributed by atoms with Gasteiger partial charge in [0, 0.05) is 0 Å². The van der Waals surface area contributed by atoms with Crippen LogP contribution in [0.4, 0.5) is 0 Å². The van der Waals surface area contributed by atoms with Gasteiger partial charge in [0.25, 0.3) is 0 Å². The monoisotopic (exact) mass is 286 g/mol. The topological polar surface area (TPSA) is 126 Å². The molecule has 20 heavy (non-hydrogen) atoms. The molecule has 0 aromatic carbocycles. The standard InChI is InChI=1S/C13H18O7/c1-4-8(9(15)6-7(3)14)10(16)13(5-2,11(17)18)12(19)20/h8H,4-6H2,1-3H3,(H,17,18)(H,19,20). The van der Waals surface area contributed by atoms with E-state index in [1.54, 1.807) is 0 Å². The molecule has 0 heterocycles. The van der Waals surface area contributed by atoms with E-state index < -0.39 is 53.5 Å². The Bertz CT molecular complexity index is 436. The van der Waals surface area contributed by atoms with Crippen LogP contribution in [0.1, 0.15) is 40.0 Å². The fraction of sp³-hybridized carbons (Fsp3) is 0.615. The fourth-order valence-electron chi connectivity index (χ4n) is 2.00. The third kappa shape index (κ3) is 3.28. The number of hydrogen-bond donors (Lipinski definition) is 2. The number of carboxylic acids is 2. The zero-order valence-electron chi connectivity index (χ0n) is 11.6. The van der Waals surface area contributed by atoms with E-state index in [0.29, 0.717) is 0 Å². The van der Waals surface area contributed by atoms with Gasteiger partial charge in [0.15, 0.2) is 11.6 Å². The fourth-order valence-corrected chi connectivity index (χ4v) is 2.00. The Morgan fingerprint density at radius 3 is 1.70 bits per heavy atom. The first kappa shape index (κ1) is 17.9. The van der Waals surface area contributed by atoms with E-state index >= 15 is 0 Å². The molecule has 7 heteroatoms. The molecule has 0 aliphatic heterocycles. The summed E-state index contributed by atoms with van der Waals surface area (Å²) in [5.41, 5.74) is -2.65. The Kier molecular flexibility index (Phi) is 6.22. The first-order chi connectivity index (χ1) is 9.14. The maximum absolute atomic E-state index is 12.2. The minimum absolute atomic E-state index is 0.0484. The highest BCUT2D eigenvalue weighted by atomic mass is 16.4. The number of carboxylic acid groups (broad SMARTS) is 2. The minimum Gasteiger partial charge on any atom is -0.480 e. The van der Waals surface area contributed by atoms with Crippen molar-refractivity contribution in [3.63, 3.8) is 0 Å². The molecule has 0 bridgehead atoms. The highest BCUT2D eigenvalue weighted by Crippen LogP contribution is 2.30. The van der Waals surface area contributed by atoms with Gasteiger partial charge < -0.3 is 10.2 Å². The maximum atomic E-state index is 12.2. The van der Waals surface area contributed by atoms with Crippen LogP contribution in [0.2, 0.25) is 0 Å².